The summed E-state index contributed by atoms with van der Waals surface area (Å²) in [6.07, 6.45) is 8.79. The van der Waals surface area contributed by atoms with Crippen LogP contribution in [0.1, 0.15) is 62.5 Å². The SMILES string of the molecule is N#Cc1ccc(CN2CCCN(C(=O)CCNC(=O)NC34CC5CC(CC(C5)C3)C4)CC2)cc1. The molecule has 0 radical (unpaired) electrons. The van der Waals surface area contributed by atoms with Crippen LogP contribution in [0.25, 0.3) is 0 Å². The molecule has 34 heavy (non-hydrogen) atoms. The number of hydrogen-bond donors (Lipinski definition) is 2. The van der Waals surface area contributed by atoms with Crippen molar-refractivity contribution in [1.82, 2.24) is 20.4 Å². The lowest BCUT2D eigenvalue weighted by Gasteiger charge is -2.56. The molecule has 0 aromatic heterocycles. The zero-order valence-corrected chi connectivity index (χ0v) is 20.1. The van der Waals surface area contributed by atoms with Crippen molar-refractivity contribution in [3.8, 4) is 6.07 Å². The van der Waals surface area contributed by atoms with Crippen LogP contribution >= 0.6 is 0 Å². The van der Waals surface area contributed by atoms with Gasteiger partial charge in [0.25, 0.3) is 0 Å². The maximum Gasteiger partial charge on any atom is 0.315 e. The average Bonchev–Trinajstić information content (AvgIpc) is 3.04. The maximum absolute atomic E-state index is 12.8. The van der Waals surface area contributed by atoms with Crippen LogP contribution in [0, 0.1) is 29.1 Å². The molecule has 6 rings (SSSR count). The van der Waals surface area contributed by atoms with Gasteiger partial charge in [-0.05, 0) is 80.4 Å². The molecule has 1 aliphatic heterocycles. The van der Waals surface area contributed by atoms with Gasteiger partial charge in [-0.25, -0.2) is 4.79 Å². The molecule has 4 aliphatic carbocycles. The van der Waals surface area contributed by atoms with Gasteiger partial charge in [-0.2, -0.15) is 5.26 Å². The number of carbonyl (C=O) groups is 2. The Hall–Kier alpha value is -2.59. The first-order valence-corrected chi connectivity index (χ1v) is 13.1. The topological polar surface area (TPSA) is 88.5 Å². The van der Waals surface area contributed by atoms with E-state index in [0.717, 1.165) is 69.6 Å². The molecule has 4 bridgehead atoms. The number of nitriles is 1. The lowest BCUT2D eigenvalue weighted by atomic mass is 9.53. The molecular weight excluding hydrogens is 426 g/mol. The molecule has 2 N–H and O–H groups in total. The van der Waals surface area contributed by atoms with Gasteiger partial charge in [0.05, 0.1) is 11.6 Å². The molecule has 7 heteroatoms. The Morgan fingerprint density at radius 3 is 2.29 bits per heavy atom. The monoisotopic (exact) mass is 463 g/mol. The summed E-state index contributed by atoms with van der Waals surface area (Å²) in [5.41, 5.74) is 1.87. The van der Waals surface area contributed by atoms with E-state index in [9.17, 15) is 9.59 Å². The molecule has 182 valence electrons. The molecule has 5 aliphatic rings. The van der Waals surface area contributed by atoms with Crippen molar-refractivity contribution in [2.75, 3.05) is 32.7 Å². The van der Waals surface area contributed by atoms with Crippen LogP contribution < -0.4 is 10.6 Å². The van der Waals surface area contributed by atoms with E-state index in [1.165, 1.54) is 24.8 Å². The van der Waals surface area contributed by atoms with Gasteiger partial charge in [-0.1, -0.05) is 12.1 Å². The normalized spacial score (nSPS) is 30.4. The second-order valence-electron chi connectivity index (χ2n) is 11.1. The van der Waals surface area contributed by atoms with Crippen molar-refractivity contribution in [2.45, 2.75) is 63.5 Å². The number of nitrogens with zero attached hydrogens (tertiary/aromatic N) is 3. The molecule has 0 spiro atoms. The van der Waals surface area contributed by atoms with Crippen LogP contribution in [-0.4, -0.2) is 60.0 Å². The molecule has 1 aromatic carbocycles. The van der Waals surface area contributed by atoms with Crippen molar-refractivity contribution in [1.29, 1.82) is 5.26 Å². The molecule has 1 heterocycles. The maximum atomic E-state index is 12.8. The van der Waals surface area contributed by atoms with Gasteiger partial charge in [-0.3, -0.25) is 9.69 Å². The third-order valence-corrected chi connectivity index (χ3v) is 8.47. The minimum absolute atomic E-state index is 0.00597. The van der Waals surface area contributed by atoms with Gasteiger partial charge < -0.3 is 15.5 Å². The standard InChI is InChI=1S/C27H37N5O2/c28-18-20-2-4-21(5-3-20)19-31-8-1-9-32(11-10-31)25(33)6-7-29-26(34)30-27-15-22-12-23(16-27)14-24(13-22)17-27/h2-5,22-24H,1,6-17,19H2,(H2,29,30,34). The van der Waals surface area contributed by atoms with E-state index < -0.39 is 0 Å². The highest BCUT2D eigenvalue weighted by atomic mass is 16.2. The fourth-order valence-corrected chi connectivity index (χ4v) is 7.31. The van der Waals surface area contributed by atoms with E-state index in [-0.39, 0.29) is 17.5 Å². The van der Waals surface area contributed by atoms with Crippen LogP contribution in [0.4, 0.5) is 4.79 Å². The van der Waals surface area contributed by atoms with Crippen LogP contribution in [0.2, 0.25) is 0 Å². The number of nitrogens with one attached hydrogen (secondary N) is 2. The van der Waals surface area contributed by atoms with Gasteiger partial charge in [0.1, 0.15) is 0 Å². The molecule has 5 fully saturated rings. The molecule has 4 saturated carbocycles. The lowest BCUT2D eigenvalue weighted by molar-refractivity contribution is -0.130. The van der Waals surface area contributed by atoms with E-state index in [1.54, 1.807) is 0 Å². The molecule has 0 unspecified atom stereocenters. The summed E-state index contributed by atoms with van der Waals surface area (Å²) in [6, 6.07) is 9.78. The summed E-state index contributed by atoms with van der Waals surface area (Å²) in [5.74, 6) is 2.52. The van der Waals surface area contributed by atoms with E-state index in [1.807, 2.05) is 29.2 Å². The number of hydrogen-bond acceptors (Lipinski definition) is 4. The highest BCUT2D eigenvalue weighted by Crippen LogP contribution is 2.55. The van der Waals surface area contributed by atoms with Crippen LogP contribution in [-0.2, 0) is 11.3 Å². The molecule has 1 aromatic rings. The largest absolute Gasteiger partial charge is 0.341 e. The van der Waals surface area contributed by atoms with Gasteiger partial charge in [0.15, 0.2) is 0 Å². The van der Waals surface area contributed by atoms with Gasteiger partial charge in [0.2, 0.25) is 5.91 Å². The van der Waals surface area contributed by atoms with Crippen LogP contribution in [0.5, 0.6) is 0 Å². The van der Waals surface area contributed by atoms with Crippen LogP contribution in [0.3, 0.4) is 0 Å². The van der Waals surface area contributed by atoms with Crippen molar-refractivity contribution >= 4 is 11.9 Å². The smallest absolute Gasteiger partial charge is 0.315 e. The number of carbonyl (C=O) groups excluding carboxylic acids is 2. The van der Waals surface area contributed by atoms with Crippen molar-refractivity contribution < 1.29 is 9.59 Å². The van der Waals surface area contributed by atoms with Gasteiger partial charge in [0, 0.05) is 51.2 Å². The second kappa shape index (κ2) is 9.95. The Morgan fingerprint density at radius 2 is 1.65 bits per heavy atom. The van der Waals surface area contributed by atoms with Gasteiger partial charge >= 0.3 is 6.03 Å². The summed E-state index contributed by atoms with van der Waals surface area (Å²) >= 11 is 0. The highest BCUT2D eigenvalue weighted by Gasteiger charge is 2.51. The molecule has 7 nitrogen and oxygen atoms in total. The third kappa shape index (κ3) is 5.38. The summed E-state index contributed by atoms with van der Waals surface area (Å²) in [5, 5.41) is 15.2. The summed E-state index contributed by atoms with van der Waals surface area (Å²) < 4.78 is 0. The Balaban J connectivity index is 1.03. The minimum Gasteiger partial charge on any atom is -0.341 e. The summed E-state index contributed by atoms with van der Waals surface area (Å²) in [4.78, 5) is 29.7. The van der Waals surface area contributed by atoms with Crippen molar-refractivity contribution in [2.24, 2.45) is 17.8 Å². The van der Waals surface area contributed by atoms with Crippen molar-refractivity contribution in [3.63, 3.8) is 0 Å². The first-order valence-electron chi connectivity index (χ1n) is 13.1. The number of urea groups is 1. The fraction of sp³-hybridized carbons (Fsp3) is 0.667. The second-order valence-corrected chi connectivity index (χ2v) is 11.1. The summed E-state index contributed by atoms with van der Waals surface area (Å²) in [7, 11) is 0. The van der Waals surface area contributed by atoms with E-state index in [4.69, 9.17) is 5.26 Å². The van der Waals surface area contributed by atoms with Gasteiger partial charge in [-0.15, -0.1) is 0 Å². The average molecular weight is 464 g/mol. The fourth-order valence-electron chi connectivity index (χ4n) is 7.31. The quantitative estimate of drug-likeness (QED) is 0.678. The Morgan fingerprint density at radius 1 is 0.971 bits per heavy atom. The summed E-state index contributed by atoms with van der Waals surface area (Å²) in [6.45, 7) is 4.50. The lowest BCUT2D eigenvalue weighted by Crippen LogP contribution is -2.61. The number of benzene rings is 1. The zero-order chi connectivity index (χ0) is 23.5. The Bertz CT molecular complexity index is 902. The number of amides is 3. The molecule has 1 saturated heterocycles. The predicted octanol–water partition coefficient (Wildman–Crippen LogP) is 3.25. The third-order valence-electron chi connectivity index (χ3n) is 8.47. The van der Waals surface area contributed by atoms with Crippen molar-refractivity contribution in [3.05, 3.63) is 35.4 Å². The Labute approximate surface area is 202 Å². The minimum atomic E-state index is -0.0980. The zero-order valence-electron chi connectivity index (χ0n) is 20.1. The van der Waals surface area contributed by atoms with E-state index in [0.29, 0.717) is 25.1 Å². The van der Waals surface area contributed by atoms with Crippen LogP contribution in [0.15, 0.2) is 24.3 Å². The predicted molar refractivity (Wildman–Crippen MR) is 130 cm³/mol. The first-order chi connectivity index (χ1) is 16.5. The molecule has 0 atom stereocenters. The van der Waals surface area contributed by atoms with E-state index >= 15 is 0 Å². The molecule has 3 amide bonds. The molecular formula is C27H37N5O2. The Kier molecular flexibility index (Phi) is 6.78. The number of rotatable bonds is 6. The highest BCUT2D eigenvalue weighted by molar-refractivity contribution is 5.78. The first kappa shape index (κ1) is 23.2. The van der Waals surface area contributed by atoms with E-state index in [2.05, 4.69) is 21.6 Å².